The number of hydrogen-bond donors (Lipinski definition) is 0. The van der Waals surface area contributed by atoms with Crippen LogP contribution in [0.5, 0.6) is 0 Å². The van der Waals surface area contributed by atoms with E-state index >= 15 is 0 Å². The summed E-state index contributed by atoms with van der Waals surface area (Å²) in [7, 11) is 0. The van der Waals surface area contributed by atoms with Crippen LogP contribution >= 0.6 is 0 Å². The predicted molar refractivity (Wildman–Crippen MR) is 174 cm³/mol. The molecule has 5 rings (SSSR count). The van der Waals surface area contributed by atoms with E-state index in [2.05, 4.69) is 119 Å². The highest BCUT2D eigenvalue weighted by Gasteiger charge is 2.35. The second-order valence-electron chi connectivity index (χ2n) is 11.5. The average molecular weight is 525 g/mol. The summed E-state index contributed by atoms with van der Waals surface area (Å²) in [6.45, 7) is 21.9. The Bertz CT molecular complexity index is 1690. The minimum absolute atomic E-state index is 0.0999. The van der Waals surface area contributed by atoms with Crippen molar-refractivity contribution in [3.05, 3.63) is 143 Å². The Morgan fingerprint density at radius 1 is 0.950 bits per heavy atom. The maximum atomic E-state index is 4.95. The lowest BCUT2D eigenvalue weighted by molar-refractivity contribution is 0.653. The van der Waals surface area contributed by atoms with Gasteiger partial charge in [-0.1, -0.05) is 106 Å². The van der Waals surface area contributed by atoms with Crippen molar-refractivity contribution >= 4 is 28.4 Å². The lowest BCUT2D eigenvalue weighted by Gasteiger charge is -2.23. The van der Waals surface area contributed by atoms with E-state index in [0.29, 0.717) is 6.54 Å². The summed E-state index contributed by atoms with van der Waals surface area (Å²) >= 11 is 0. The molecule has 2 nitrogen and oxygen atoms in total. The Hall–Kier alpha value is -4.17. The van der Waals surface area contributed by atoms with E-state index in [1.807, 2.05) is 18.5 Å². The van der Waals surface area contributed by atoms with Crippen LogP contribution in [0.25, 0.3) is 22.0 Å². The molecule has 0 bridgehead atoms. The summed E-state index contributed by atoms with van der Waals surface area (Å²) in [5.74, 6) is 0. The molecule has 40 heavy (non-hydrogen) atoms. The molecular formula is C38H40N2. The summed E-state index contributed by atoms with van der Waals surface area (Å²) in [6, 6.07) is 24.1. The van der Waals surface area contributed by atoms with Gasteiger partial charge in [0.2, 0.25) is 0 Å². The van der Waals surface area contributed by atoms with Gasteiger partial charge in [-0.05, 0) is 89.3 Å². The van der Waals surface area contributed by atoms with E-state index < -0.39 is 0 Å². The monoisotopic (exact) mass is 524 g/mol. The van der Waals surface area contributed by atoms with Gasteiger partial charge in [-0.2, -0.15) is 0 Å². The third kappa shape index (κ3) is 4.84. The summed E-state index contributed by atoms with van der Waals surface area (Å²) in [6.07, 6.45) is 9.09. The molecule has 0 atom stereocenters. The maximum Gasteiger partial charge on any atom is 0.0944 e. The highest BCUT2D eigenvalue weighted by Crippen LogP contribution is 2.47. The largest absolute Gasteiger partial charge is 0.300 e. The van der Waals surface area contributed by atoms with E-state index in [9.17, 15) is 0 Å². The maximum absolute atomic E-state index is 4.95. The van der Waals surface area contributed by atoms with Crippen molar-refractivity contribution in [2.24, 2.45) is 4.99 Å². The van der Waals surface area contributed by atoms with Crippen LogP contribution in [-0.2, 0) is 24.8 Å². The minimum Gasteiger partial charge on any atom is -0.300 e. The first-order valence-corrected chi connectivity index (χ1v) is 14.2. The minimum atomic E-state index is -0.0999. The summed E-state index contributed by atoms with van der Waals surface area (Å²) in [5.41, 5.74) is 13.7. The van der Waals surface area contributed by atoms with E-state index in [4.69, 9.17) is 4.99 Å². The van der Waals surface area contributed by atoms with Crippen LogP contribution in [0.1, 0.15) is 66.3 Å². The summed E-state index contributed by atoms with van der Waals surface area (Å²) in [4.78, 5) is 4.95. The summed E-state index contributed by atoms with van der Waals surface area (Å²) in [5, 5.41) is 1.29. The molecule has 202 valence electrons. The van der Waals surface area contributed by atoms with Crippen LogP contribution in [-0.4, -0.2) is 10.9 Å². The molecule has 0 N–H and O–H groups in total. The average Bonchev–Trinajstić information content (AvgIpc) is 3.37. The molecule has 0 radical (unpaired) electrons. The Balaban J connectivity index is 1.43. The number of aliphatic imine (C=N–C) groups is 1. The van der Waals surface area contributed by atoms with Crippen molar-refractivity contribution in [2.45, 2.75) is 58.9 Å². The van der Waals surface area contributed by atoms with Crippen molar-refractivity contribution in [3.8, 4) is 0 Å². The van der Waals surface area contributed by atoms with Gasteiger partial charge in [-0.15, -0.1) is 0 Å². The van der Waals surface area contributed by atoms with E-state index in [1.54, 1.807) is 0 Å². The van der Waals surface area contributed by atoms with Crippen LogP contribution < -0.4 is 0 Å². The van der Waals surface area contributed by atoms with Crippen LogP contribution in [0.4, 0.5) is 0 Å². The predicted octanol–water partition coefficient (Wildman–Crippen LogP) is 9.65. The van der Waals surface area contributed by atoms with E-state index in [1.165, 1.54) is 61.1 Å². The lowest BCUT2D eigenvalue weighted by atomic mass is 9.80. The number of rotatable bonds is 10. The normalized spacial score (nSPS) is 14.2. The standard InChI is InChI=1S/C38H40N2/c1-8-30-31-22-21-28(23-35(31)38(6,7)34(30)9-2)24-39-25-40-36-20-13-12-18-32(36)33(37(40)26(3)4)19-14-17-29-16-11-10-15-27(29)5/h8-13,15-16,18,20-23,25H,1-3,14,17,19,24H2,4-7H3. The number of fused-ring (bicyclic) bond motifs is 2. The van der Waals surface area contributed by atoms with Gasteiger partial charge in [0.15, 0.2) is 0 Å². The van der Waals surface area contributed by atoms with Crippen molar-refractivity contribution < 1.29 is 0 Å². The molecule has 4 aromatic rings. The molecule has 1 aromatic heterocycles. The summed E-state index contributed by atoms with van der Waals surface area (Å²) < 4.78 is 2.24. The Morgan fingerprint density at radius 2 is 1.70 bits per heavy atom. The number of allylic oxidation sites excluding steroid dienone is 5. The fourth-order valence-electron chi connectivity index (χ4n) is 6.40. The molecule has 2 heteroatoms. The number of nitrogens with zero attached hydrogens (tertiary/aromatic N) is 2. The molecule has 1 heterocycles. The molecule has 0 spiro atoms. The van der Waals surface area contributed by atoms with E-state index in [0.717, 1.165) is 24.8 Å². The first kappa shape index (κ1) is 27.4. The Kier molecular flexibility index (Phi) is 7.63. The Morgan fingerprint density at radius 3 is 2.42 bits per heavy atom. The molecule has 0 saturated carbocycles. The van der Waals surface area contributed by atoms with Gasteiger partial charge in [0.1, 0.15) is 0 Å². The smallest absolute Gasteiger partial charge is 0.0944 e. The van der Waals surface area contributed by atoms with Gasteiger partial charge in [0.25, 0.3) is 0 Å². The zero-order chi connectivity index (χ0) is 28.4. The first-order chi connectivity index (χ1) is 19.3. The van der Waals surface area contributed by atoms with Crippen LogP contribution in [0.15, 0.2) is 109 Å². The molecule has 0 amide bonds. The quantitative estimate of drug-likeness (QED) is 0.145. The van der Waals surface area contributed by atoms with Gasteiger partial charge >= 0.3 is 0 Å². The molecular weight excluding hydrogens is 484 g/mol. The number of para-hydroxylation sites is 1. The number of aromatic nitrogens is 1. The number of hydrogen-bond acceptors (Lipinski definition) is 1. The fourth-order valence-corrected chi connectivity index (χ4v) is 6.40. The topological polar surface area (TPSA) is 17.3 Å². The lowest BCUT2D eigenvalue weighted by Crippen LogP contribution is -2.16. The first-order valence-electron chi connectivity index (χ1n) is 14.2. The zero-order valence-corrected chi connectivity index (χ0v) is 24.4. The van der Waals surface area contributed by atoms with Gasteiger partial charge in [-0.25, -0.2) is 0 Å². The molecule has 0 unspecified atom stereocenters. The number of aryl methyl sites for hydroxylation is 3. The van der Waals surface area contributed by atoms with Gasteiger partial charge < -0.3 is 4.57 Å². The highest BCUT2D eigenvalue weighted by atomic mass is 15.0. The molecule has 0 aliphatic heterocycles. The highest BCUT2D eigenvalue weighted by molar-refractivity contribution is 5.95. The molecule has 1 aliphatic rings. The van der Waals surface area contributed by atoms with Gasteiger partial charge in [-0.3, -0.25) is 4.99 Å². The number of benzene rings is 3. The van der Waals surface area contributed by atoms with Crippen LogP contribution in [0.2, 0.25) is 0 Å². The van der Waals surface area contributed by atoms with Gasteiger partial charge in [0.05, 0.1) is 24.1 Å². The zero-order valence-electron chi connectivity index (χ0n) is 24.4. The Labute approximate surface area is 239 Å². The molecule has 3 aromatic carbocycles. The third-order valence-electron chi connectivity index (χ3n) is 8.44. The second kappa shape index (κ2) is 11.1. The van der Waals surface area contributed by atoms with Crippen LogP contribution in [0.3, 0.4) is 0 Å². The second-order valence-corrected chi connectivity index (χ2v) is 11.5. The van der Waals surface area contributed by atoms with E-state index in [-0.39, 0.29) is 5.41 Å². The molecule has 1 aliphatic carbocycles. The van der Waals surface area contributed by atoms with Crippen molar-refractivity contribution in [3.63, 3.8) is 0 Å². The SMILES string of the molecule is C=CC1=C(C=C)C(C)(C)c2cc(CN=Cn3c(C(=C)C)c(CCCc4ccccc4C)c4ccccc43)ccc21. The van der Waals surface area contributed by atoms with Crippen molar-refractivity contribution in [1.82, 2.24) is 4.57 Å². The van der Waals surface area contributed by atoms with Gasteiger partial charge in [0, 0.05) is 10.8 Å². The van der Waals surface area contributed by atoms with Crippen molar-refractivity contribution in [2.75, 3.05) is 0 Å². The third-order valence-corrected chi connectivity index (χ3v) is 8.44. The van der Waals surface area contributed by atoms with Crippen molar-refractivity contribution in [1.29, 1.82) is 0 Å². The fraction of sp³-hybridized carbons (Fsp3) is 0.237. The van der Waals surface area contributed by atoms with Crippen LogP contribution in [0, 0.1) is 6.92 Å². The molecule has 0 saturated heterocycles. The molecule has 0 fully saturated rings.